The van der Waals surface area contributed by atoms with E-state index in [0.29, 0.717) is 34.4 Å². The van der Waals surface area contributed by atoms with E-state index in [1.165, 1.54) is 17.0 Å². The number of aryl methyl sites for hydroxylation is 1. The molecule has 0 saturated heterocycles. The highest BCUT2D eigenvalue weighted by Gasteiger charge is 2.34. The highest BCUT2D eigenvalue weighted by molar-refractivity contribution is 7.92. The van der Waals surface area contributed by atoms with Gasteiger partial charge in [0.05, 0.1) is 27.2 Å². The molecule has 0 fully saturated rings. The van der Waals surface area contributed by atoms with Crippen molar-refractivity contribution >= 4 is 50.7 Å². The van der Waals surface area contributed by atoms with Crippen LogP contribution in [0.15, 0.2) is 71.6 Å². The van der Waals surface area contributed by atoms with Crippen LogP contribution in [0.25, 0.3) is 0 Å². The van der Waals surface area contributed by atoms with E-state index >= 15 is 0 Å². The second-order valence-electron chi connectivity index (χ2n) is 9.99. The van der Waals surface area contributed by atoms with Crippen LogP contribution in [0.2, 0.25) is 10.0 Å². The molecule has 0 unspecified atom stereocenters. The first-order valence-corrected chi connectivity index (χ1v) is 15.9. The quantitative estimate of drug-likeness (QED) is 0.241. The number of benzene rings is 3. The minimum atomic E-state index is -4.23. The molecular formula is C31H37Cl2N3O5S. The molecule has 1 N–H and O–H groups in total. The number of sulfonamides is 1. The molecule has 0 aliphatic carbocycles. The lowest BCUT2D eigenvalue weighted by atomic mass is 10.1. The Morgan fingerprint density at radius 2 is 1.62 bits per heavy atom. The topological polar surface area (TPSA) is 96.0 Å². The van der Waals surface area contributed by atoms with Crippen LogP contribution in [0.1, 0.15) is 45.2 Å². The summed E-state index contributed by atoms with van der Waals surface area (Å²) in [5, 5.41) is 3.56. The van der Waals surface area contributed by atoms with E-state index in [-0.39, 0.29) is 29.1 Å². The zero-order valence-electron chi connectivity index (χ0n) is 24.4. The first-order valence-electron chi connectivity index (χ1n) is 13.7. The first kappa shape index (κ1) is 33.2. The van der Waals surface area contributed by atoms with E-state index in [1.807, 2.05) is 20.8 Å². The number of rotatable bonds is 13. The van der Waals surface area contributed by atoms with Gasteiger partial charge in [-0.05, 0) is 76.1 Å². The fraction of sp³-hybridized carbons (Fsp3) is 0.355. The average molecular weight is 635 g/mol. The number of para-hydroxylation sites is 2. The lowest BCUT2D eigenvalue weighted by Gasteiger charge is -2.33. The summed E-state index contributed by atoms with van der Waals surface area (Å²) in [6.07, 6.45) is 0.704. The van der Waals surface area contributed by atoms with Gasteiger partial charge in [-0.25, -0.2) is 8.42 Å². The second-order valence-corrected chi connectivity index (χ2v) is 12.7. The summed E-state index contributed by atoms with van der Waals surface area (Å²) in [6, 6.07) is 16.9. The van der Waals surface area contributed by atoms with Crippen molar-refractivity contribution in [3.63, 3.8) is 0 Å². The van der Waals surface area contributed by atoms with Crippen LogP contribution in [-0.2, 0) is 26.2 Å². The van der Waals surface area contributed by atoms with Gasteiger partial charge in [0.2, 0.25) is 11.8 Å². The minimum absolute atomic E-state index is 0.00363. The van der Waals surface area contributed by atoms with Gasteiger partial charge in [0, 0.05) is 12.6 Å². The van der Waals surface area contributed by atoms with Gasteiger partial charge in [-0.1, -0.05) is 66.0 Å². The third kappa shape index (κ3) is 8.18. The highest BCUT2D eigenvalue weighted by atomic mass is 35.5. The van der Waals surface area contributed by atoms with Gasteiger partial charge in [0.25, 0.3) is 10.0 Å². The van der Waals surface area contributed by atoms with Crippen molar-refractivity contribution in [3.8, 4) is 5.75 Å². The van der Waals surface area contributed by atoms with Gasteiger partial charge < -0.3 is 15.0 Å². The number of hydrogen-bond acceptors (Lipinski definition) is 5. The molecule has 2 atom stereocenters. The van der Waals surface area contributed by atoms with Crippen molar-refractivity contribution in [2.24, 2.45) is 0 Å². The number of nitrogens with one attached hydrogen (secondary N) is 1. The number of amides is 2. The number of anilines is 1. The molecule has 3 rings (SSSR count). The lowest BCUT2D eigenvalue weighted by molar-refractivity contribution is -0.139. The average Bonchev–Trinajstić information content (AvgIpc) is 2.96. The van der Waals surface area contributed by atoms with Crippen LogP contribution in [0.4, 0.5) is 5.69 Å². The molecule has 8 nitrogen and oxygen atoms in total. The first-order chi connectivity index (χ1) is 19.9. The zero-order chi connectivity index (χ0) is 31.0. The summed E-state index contributed by atoms with van der Waals surface area (Å²) in [5.41, 5.74) is 1.73. The molecular weight excluding hydrogens is 597 g/mol. The summed E-state index contributed by atoms with van der Waals surface area (Å²) in [5.74, 6) is -0.641. The Morgan fingerprint density at radius 3 is 2.24 bits per heavy atom. The molecule has 0 aliphatic rings. The van der Waals surface area contributed by atoms with E-state index in [4.69, 9.17) is 27.9 Å². The zero-order valence-corrected chi connectivity index (χ0v) is 26.8. The van der Waals surface area contributed by atoms with Crippen LogP contribution in [-0.4, -0.2) is 50.4 Å². The van der Waals surface area contributed by atoms with E-state index in [0.717, 1.165) is 9.87 Å². The number of carbonyl (C=O) groups excluding carboxylic acids is 2. The molecule has 226 valence electrons. The predicted molar refractivity (Wildman–Crippen MR) is 168 cm³/mol. The fourth-order valence-electron chi connectivity index (χ4n) is 4.17. The predicted octanol–water partition coefficient (Wildman–Crippen LogP) is 6.23. The van der Waals surface area contributed by atoms with Gasteiger partial charge in [-0.2, -0.15) is 0 Å². The van der Waals surface area contributed by atoms with E-state index in [2.05, 4.69) is 5.32 Å². The molecule has 0 bridgehead atoms. The minimum Gasteiger partial charge on any atom is -0.492 e. The molecule has 3 aromatic rings. The van der Waals surface area contributed by atoms with Crippen molar-refractivity contribution in [2.75, 3.05) is 17.5 Å². The maximum absolute atomic E-state index is 14.1. The Balaban J connectivity index is 2.09. The van der Waals surface area contributed by atoms with Gasteiger partial charge >= 0.3 is 0 Å². The molecule has 0 aromatic heterocycles. The Bertz CT molecular complexity index is 1500. The van der Waals surface area contributed by atoms with Crippen LogP contribution in [0.5, 0.6) is 5.75 Å². The highest BCUT2D eigenvalue weighted by Crippen LogP contribution is 2.33. The molecule has 0 aliphatic heterocycles. The van der Waals surface area contributed by atoms with E-state index in [9.17, 15) is 18.0 Å². The van der Waals surface area contributed by atoms with Gasteiger partial charge in [-0.15, -0.1) is 0 Å². The molecule has 0 radical (unpaired) electrons. The van der Waals surface area contributed by atoms with Crippen LogP contribution in [0, 0.1) is 6.92 Å². The van der Waals surface area contributed by atoms with Crippen molar-refractivity contribution < 1.29 is 22.7 Å². The third-order valence-electron chi connectivity index (χ3n) is 6.83. The number of nitrogens with zero attached hydrogens (tertiary/aromatic N) is 2. The summed E-state index contributed by atoms with van der Waals surface area (Å²) >= 11 is 12.3. The van der Waals surface area contributed by atoms with Crippen LogP contribution < -0.4 is 14.4 Å². The molecule has 3 aromatic carbocycles. The van der Waals surface area contributed by atoms with E-state index in [1.54, 1.807) is 68.4 Å². The third-order valence-corrected chi connectivity index (χ3v) is 9.34. The van der Waals surface area contributed by atoms with Gasteiger partial charge in [0.1, 0.15) is 18.3 Å². The standard InChI is InChI=1S/C31H37Cl2N3O5S/c1-6-22(4)34-31(38)23(5)35(19-24-14-17-26(32)27(33)18-24)30(37)20-36(28-10-8-9-11-29(28)41-7-2)42(39,40)25-15-12-21(3)13-16-25/h8-18,22-23H,6-7,19-20H2,1-5H3,(H,34,38)/t22-,23-/m1/s1. The smallest absolute Gasteiger partial charge is 0.264 e. The Labute approximate surface area is 258 Å². The molecule has 42 heavy (non-hydrogen) atoms. The summed E-state index contributed by atoms with van der Waals surface area (Å²) in [6.45, 7) is 8.78. The number of ether oxygens (including phenoxy) is 1. The van der Waals surface area contributed by atoms with Gasteiger partial charge in [0.15, 0.2) is 0 Å². The summed E-state index contributed by atoms with van der Waals surface area (Å²) < 4.78 is 34.9. The molecule has 2 amide bonds. The Morgan fingerprint density at radius 1 is 0.952 bits per heavy atom. The number of hydrogen-bond donors (Lipinski definition) is 1. The van der Waals surface area contributed by atoms with Crippen LogP contribution in [0.3, 0.4) is 0 Å². The maximum atomic E-state index is 14.1. The maximum Gasteiger partial charge on any atom is 0.264 e. The second kappa shape index (κ2) is 14.8. The Hall–Kier alpha value is -3.27. The SMILES string of the molecule is CCOc1ccccc1N(CC(=O)N(Cc1ccc(Cl)c(Cl)c1)[C@H](C)C(=O)N[C@H](C)CC)S(=O)(=O)c1ccc(C)cc1. The fourth-order valence-corrected chi connectivity index (χ4v) is 5.92. The molecule has 0 heterocycles. The normalized spacial score (nSPS) is 12.7. The van der Waals surface area contributed by atoms with Crippen molar-refractivity contribution in [2.45, 2.75) is 64.6 Å². The van der Waals surface area contributed by atoms with Crippen molar-refractivity contribution in [1.82, 2.24) is 10.2 Å². The lowest BCUT2D eigenvalue weighted by Crippen LogP contribution is -2.52. The Kier molecular flexibility index (Phi) is 11.7. The number of carbonyl (C=O) groups is 2. The largest absolute Gasteiger partial charge is 0.492 e. The van der Waals surface area contributed by atoms with Crippen molar-refractivity contribution in [1.29, 1.82) is 0 Å². The van der Waals surface area contributed by atoms with Crippen LogP contribution >= 0.6 is 23.2 Å². The summed E-state index contributed by atoms with van der Waals surface area (Å²) in [7, 11) is -4.23. The molecule has 11 heteroatoms. The monoisotopic (exact) mass is 633 g/mol. The summed E-state index contributed by atoms with van der Waals surface area (Å²) in [4.78, 5) is 28.7. The number of halogens is 2. The van der Waals surface area contributed by atoms with Gasteiger partial charge in [-0.3, -0.25) is 13.9 Å². The molecule has 0 spiro atoms. The van der Waals surface area contributed by atoms with Crippen molar-refractivity contribution in [3.05, 3.63) is 87.9 Å². The molecule has 0 saturated carbocycles. The van der Waals surface area contributed by atoms with E-state index < -0.39 is 28.5 Å².